The number of rotatable bonds is 13. The summed E-state index contributed by atoms with van der Waals surface area (Å²) in [6, 6.07) is 13.9. The van der Waals surface area contributed by atoms with Gasteiger partial charge in [0.25, 0.3) is 0 Å². The summed E-state index contributed by atoms with van der Waals surface area (Å²) in [4.78, 5) is 8.81. The minimum atomic E-state index is 1.21. The Bertz CT molecular complexity index is 961. The van der Waals surface area contributed by atoms with Gasteiger partial charge in [-0.25, -0.2) is 0 Å². The zero-order chi connectivity index (χ0) is 22.2. The molecule has 4 aromatic heterocycles. The number of aryl methyl sites for hydroxylation is 2. The highest BCUT2D eigenvalue weighted by atomic mass is 32.1. The molecule has 4 heteroatoms. The van der Waals surface area contributed by atoms with Gasteiger partial charge >= 0.3 is 0 Å². The summed E-state index contributed by atoms with van der Waals surface area (Å²) in [5.74, 6) is 0. The van der Waals surface area contributed by atoms with Gasteiger partial charge in [0, 0.05) is 29.3 Å². The fraction of sp³-hybridized carbons (Fsp3) is 0.429. The molecular weight excluding hydrogens is 465 g/mol. The van der Waals surface area contributed by atoms with Gasteiger partial charge in [-0.05, 0) is 71.8 Å². The second-order valence-electron chi connectivity index (χ2n) is 8.51. The monoisotopic (exact) mass is 498 g/mol. The Balaban J connectivity index is 1.69. The zero-order valence-corrected chi connectivity index (χ0v) is 22.6. The summed E-state index contributed by atoms with van der Waals surface area (Å²) >= 11 is 7.79. The Morgan fingerprint density at radius 2 is 1.03 bits per heavy atom. The van der Waals surface area contributed by atoms with Gasteiger partial charge in [0.1, 0.15) is 0 Å². The molecule has 170 valence electrons. The molecule has 0 atom stereocenters. The molecule has 0 N–H and O–H groups in total. The summed E-state index contributed by atoms with van der Waals surface area (Å²) in [5.41, 5.74) is 3.15. The van der Waals surface area contributed by atoms with Crippen LogP contribution in [0.15, 0.2) is 47.2 Å². The van der Waals surface area contributed by atoms with Gasteiger partial charge in [0.2, 0.25) is 0 Å². The summed E-state index contributed by atoms with van der Waals surface area (Å²) < 4.78 is 0. The van der Waals surface area contributed by atoms with Crippen LogP contribution in [-0.2, 0) is 12.8 Å². The first-order valence-corrected chi connectivity index (χ1v) is 15.5. The van der Waals surface area contributed by atoms with Gasteiger partial charge in [-0.1, -0.05) is 64.5 Å². The van der Waals surface area contributed by atoms with Crippen molar-refractivity contribution in [2.75, 3.05) is 0 Å². The van der Waals surface area contributed by atoms with Crippen LogP contribution in [-0.4, -0.2) is 0 Å². The highest BCUT2D eigenvalue weighted by Crippen LogP contribution is 2.47. The first kappa shape index (κ1) is 23.9. The van der Waals surface area contributed by atoms with E-state index in [4.69, 9.17) is 0 Å². The Hall–Kier alpha value is -1.20. The van der Waals surface area contributed by atoms with E-state index in [0.717, 1.165) is 0 Å². The lowest BCUT2D eigenvalue weighted by Crippen LogP contribution is -1.89. The molecule has 0 aromatic carbocycles. The lowest BCUT2D eigenvalue weighted by atomic mass is 10.0. The predicted octanol–water partition coefficient (Wildman–Crippen LogP) is 11.2. The van der Waals surface area contributed by atoms with E-state index in [1.54, 1.807) is 20.9 Å². The smallest absolute Gasteiger partial charge is 0.0484 e. The standard InChI is InChI=1S/C28H34S4/c1-3-5-7-9-13-21-19-25(23-15-11-17-29-23)31-27(21)28-22(14-10-8-6-4-2)20-26(32-28)24-16-12-18-30-24/h11-12,15-20H,3-10,13-14H2,1-2H3. The van der Waals surface area contributed by atoms with Crippen LogP contribution in [0.5, 0.6) is 0 Å². The van der Waals surface area contributed by atoms with E-state index < -0.39 is 0 Å². The van der Waals surface area contributed by atoms with Crippen LogP contribution in [0.25, 0.3) is 29.3 Å². The topological polar surface area (TPSA) is 0 Å². The molecular formula is C28H34S4. The molecule has 0 nitrogen and oxygen atoms in total. The van der Waals surface area contributed by atoms with E-state index >= 15 is 0 Å². The molecule has 0 fully saturated rings. The fourth-order valence-electron chi connectivity index (χ4n) is 4.18. The first-order valence-electron chi connectivity index (χ1n) is 12.1. The van der Waals surface area contributed by atoms with Crippen molar-refractivity contribution < 1.29 is 0 Å². The maximum absolute atomic E-state index is 2.50. The van der Waals surface area contributed by atoms with Crippen LogP contribution in [0.1, 0.15) is 76.3 Å². The molecule has 32 heavy (non-hydrogen) atoms. The van der Waals surface area contributed by atoms with Crippen LogP contribution in [0.2, 0.25) is 0 Å². The van der Waals surface area contributed by atoms with Gasteiger partial charge in [0.15, 0.2) is 0 Å². The number of unbranched alkanes of at least 4 members (excludes halogenated alkanes) is 6. The van der Waals surface area contributed by atoms with Crippen LogP contribution in [0.3, 0.4) is 0 Å². The second kappa shape index (κ2) is 12.3. The third-order valence-electron chi connectivity index (χ3n) is 5.95. The largest absolute Gasteiger partial charge is 0.143 e. The molecule has 0 unspecified atom stereocenters. The Morgan fingerprint density at radius 3 is 1.41 bits per heavy atom. The molecule has 4 aromatic rings. The Kier molecular flexibility index (Phi) is 9.21. The maximum atomic E-state index is 2.50. The third-order valence-corrected chi connectivity index (χ3v) is 10.6. The van der Waals surface area contributed by atoms with Crippen molar-refractivity contribution in [2.24, 2.45) is 0 Å². The molecule has 4 rings (SSSR count). The van der Waals surface area contributed by atoms with Crippen molar-refractivity contribution in [1.29, 1.82) is 0 Å². The van der Waals surface area contributed by atoms with E-state index in [-0.39, 0.29) is 0 Å². The quantitative estimate of drug-likeness (QED) is 0.161. The van der Waals surface area contributed by atoms with Crippen LogP contribution in [0, 0.1) is 0 Å². The molecule has 0 bridgehead atoms. The van der Waals surface area contributed by atoms with Crippen molar-refractivity contribution in [2.45, 2.75) is 78.1 Å². The molecule has 4 heterocycles. The summed E-state index contributed by atoms with van der Waals surface area (Å²) in [5, 5.41) is 4.41. The van der Waals surface area contributed by atoms with Gasteiger partial charge in [-0.3, -0.25) is 0 Å². The predicted molar refractivity (Wildman–Crippen MR) is 150 cm³/mol. The minimum Gasteiger partial charge on any atom is -0.143 e. The molecule has 0 saturated carbocycles. The summed E-state index contributed by atoms with van der Waals surface area (Å²) in [6.07, 6.45) is 13.0. The lowest BCUT2D eigenvalue weighted by molar-refractivity contribution is 0.666. The van der Waals surface area contributed by atoms with Crippen LogP contribution >= 0.6 is 45.3 Å². The number of hydrogen-bond acceptors (Lipinski definition) is 4. The second-order valence-corrected chi connectivity index (χ2v) is 12.5. The van der Waals surface area contributed by atoms with E-state index in [1.807, 2.05) is 45.3 Å². The van der Waals surface area contributed by atoms with Crippen LogP contribution < -0.4 is 0 Å². The van der Waals surface area contributed by atoms with Gasteiger partial charge in [-0.15, -0.1) is 45.3 Å². The van der Waals surface area contributed by atoms with Gasteiger partial charge < -0.3 is 0 Å². The zero-order valence-electron chi connectivity index (χ0n) is 19.3. The van der Waals surface area contributed by atoms with E-state index in [2.05, 4.69) is 61.0 Å². The van der Waals surface area contributed by atoms with Gasteiger partial charge in [0.05, 0.1) is 0 Å². The summed E-state index contributed by atoms with van der Waals surface area (Å²) in [6.45, 7) is 4.60. The molecule has 0 aliphatic carbocycles. The molecule has 0 aliphatic heterocycles. The Morgan fingerprint density at radius 1 is 0.562 bits per heavy atom. The molecule has 0 amide bonds. The number of hydrogen-bond donors (Lipinski definition) is 0. The lowest BCUT2D eigenvalue weighted by Gasteiger charge is -2.06. The minimum absolute atomic E-state index is 1.21. The SMILES string of the molecule is CCCCCCc1cc(-c2cccs2)sc1-c1sc(-c2cccs2)cc1CCCCCC. The van der Waals surface area contributed by atoms with Crippen molar-refractivity contribution in [3.05, 3.63) is 58.3 Å². The van der Waals surface area contributed by atoms with E-state index in [9.17, 15) is 0 Å². The van der Waals surface area contributed by atoms with Crippen molar-refractivity contribution in [3.8, 4) is 29.3 Å². The molecule has 0 spiro atoms. The van der Waals surface area contributed by atoms with Crippen molar-refractivity contribution >= 4 is 45.3 Å². The normalized spacial score (nSPS) is 11.4. The average molecular weight is 499 g/mol. The number of thiophene rings is 4. The summed E-state index contributed by atoms with van der Waals surface area (Å²) in [7, 11) is 0. The molecule has 0 aliphatic rings. The van der Waals surface area contributed by atoms with Crippen molar-refractivity contribution in [3.63, 3.8) is 0 Å². The average Bonchev–Trinajstić information content (AvgIpc) is 3.60. The highest BCUT2D eigenvalue weighted by molar-refractivity contribution is 7.28. The molecule has 0 radical (unpaired) electrons. The van der Waals surface area contributed by atoms with E-state index in [0.29, 0.717) is 0 Å². The highest BCUT2D eigenvalue weighted by Gasteiger charge is 2.19. The van der Waals surface area contributed by atoms with Crippen molar-refractivity contribution in [1.82, 2.24) is 0 Å². The maximum Gasteiger partial charge on any atom is 0.0484 e. The fourth-order valence-corrected chi connectivity index (χ4v) is 8.45. The van der Waals surface area contributed by atoms with E-state index in [1.165, 1.54) is 83.7 Å². The van der Waals surface area contributed by atoms with Crippen LogP contribution in [0.4, 0.5) is 0 Å². The molecule has 0 saturated heterocycles. The van der Waals surface area contributed by atoms with Gasteiger partial charge in [-0.2, -0.15) is 0 Å². The first-order chi connectivity index (χ1) is 15.8. The Labute approximate surface area is 210 Å². The third kappa shape index (κ3) is 6.02.